The molecular weight excluding hydrogens is 370 g/mol. The van der Waals surface area contributed by atoms with Gasteiger partial charge in [0.15, 0.2) is 0 Å². The Kier molecular flexibility index (Phi) is 4.81. The molecule has 0 unspecified atom stereocenters. The highest BCUT2D eigenvalue weighted by Gasteiger charge is 2.26. The average molecular weight is 388 g/mol. The monoisotopic (exact) mass is 387 g/mol. The van der Waals surface area contributed by atoms with Gasteiger partial charge in [0.2, 0.25) is 5.82 Å². The molecule has 0 bridgehead atoms. The number of halogens is 1. The summed E-state index contributed by atoms with van der Waals surface area (Å²) in [4.78, 5) is 23.8. The van der Waals surface area contributed by atoms with Crippen LogP contribution in [0.15, 0.2) is 35.8 Å². The van der Waals surface area contributed by atoms with Crippen molar-refractivity contribution in [2.75, 3.05) is 0 Å². The first-order valence-corrected chi connectivity index (χ1v) is 9.06. The number of H-pyrrole nitrogens is 1. The van der Waals surface area contributed by atoms with Crippen LogP contribution in [-0.2, 0) is 4.74 Å². The minimum Gasteiger partial charge on any atom is -0.499 e. The van der Waals surface area contributed by atoms with Crippen molar-refractivity contribution < 1.29 is 14.1 Å². The number of rotatable bonds is 5. The van der Waals surface area contributed by atoms with Crippen LogP contribution >= 0.6 is 11.6 Å². The van der Waals surface area contributed by atoms with Crippen LogP contribution in [0.1, 0.15) is 36.4 Å². The molecule has 8 nitrogen and oxygen atoms in total. The maximum absolute atomic E-state index is 12.4. The third-order valence-electron chi connectivity index (χ3n) is 4.68. The Morgan fingerprint density at radius 1 is 1.41 bits per heavy atom. The van der Waals surface area contributed by atoms with E-state index in [2.05, 4.69) is 32.0 Å². The Hall–Kier alpha value is -2.87. The predicted molar refractivity (Wildman–Crippen MR) is 99.2 cm³/mol. The van der Waals surface area contributed by atoms with E-state index in [9.17, 15) is 4.79 Å². The summed E-state index contributed by atoms with van der Waals surface area (Å²) in [7, 11) is 0. The molecule has 0 aromatic carbocycles. The summed E-state index contributed by atoms with van der Waals surface area (Å²) in [6.45, 7) is 3.57. The molecule has 4 rings (SSSR count). The number of ether oxygens (including phenoxy) is 1. The number of amides is 1. The van der Waals surface area contributed by atoms with Gasteiger partial charge in [-0.1, -0.05) is 23.3 Å². The first-order valence-electron chi connectivity index (χ1n) is 8.68. The molecule has 2 N–H and O–H groups in total. The molecule has 0 aliphatic heterocycles. The number of fused-ring (bicyclic) bond motifs is 1. The number of carbonyl (C=O) groups is 1. The number of carbonyl (C=O) groups excluding carboxylic acids is 1. The second kappa shape index (κ2) is 7.40. The number of pyridine rings is 1. The maximum Gasteiger partial charge on any atom is 0.316 e. The highest BCUT2D eigenvalue weighted by Crippen LogP contribution is 2.31. The van der Waals surface area contributed by atoms with E-state index in [1.165, 1.54) is 6.26 Å². The Bertz CT molecular complexity index is 974. The number of aromatic amines is 1. The highest BCUT2D eigenvalue weighted by molar-refractivity contribution is 6.37. The van der Waals surface area contributed by atoms with Crippen molar-refractivity contribution in [2.24, 2.45) is 0 Å². The Morgan fingerprint density at radius 3 is 3.00 bits per heavy atom. The SMILES string of the molecule is C=COC1CCC(NC(=O)c2nc(-c3cnc4[nH]ccc4c3Cl)no2)CC1. The zero-order chi connectivity index (χ0) is 18.8. The number of hydrogen-bond donors (Lipinski definition) is 2. The minimum absolute atomic E-state index is 0.0546. The van der Waals surface area contributed by atoms with Crippen molar-refractivity contribution in [1.82, 2.24) is 25.4 Å². The van der Waals surface area contributed by atoms with Crippen LogP contribution < -0.4 is 5.32 Å². The minimum atomic E-state index is -0.395. The van der Waals surface area contributed by atoms with Crippen molar-refractivity contribution >= 4 is 28.5 Å². The standard InChI is InChI=1S/C18H18ClN5O3/c1-2-26-11-5-3-10(4-6-11)22-17(25)18-23-16(24-27-18)13-9-21-15-12(14(13)19)7-8-20-15/h2,7-11H,1,3-6H2,(H,20,21)(H,22,25). The predicted octanol–water partition coefficient (Wildman–Crippen LogP) is 3.47. The van der Waals surface area contributed by atoms with Crippen LogP contribution in [0.2, 0.25) is 5.02 Å². The van der Waals surface area contributed by atoms with E-state index in [1.54, 1.807) is 12.4 Å². The van der Waals surface area contributed by atoms with Gasteiger partial charge in [-0.3, -0.25) is 4.79 Å². The van der Waals surface area contributed by atoms with E-state index >= 15 is 0 Å². The fourth-order valence-corrected chi connectivity index (χ4v) is 3.57. The van der Waals surface area contributed by atoms with Crippen LogP contribution in [-0.4, -0.2) is 38.2 Å². The molecular formula is C18H18ClN5O3. The van der Waals surface area contributed by atoms with Gasteiger partial charge in [-0.2, -0.15) is 4.98 Å². The van der Waals surface area contributed by atoms with Gasteiger partial charge in [0.05, 0.1) is 23.0 Å². The summed E-state index contributed by atoms with van der Waals surface area (Å²) in [5.74, 6) is -0.266. The van der Waals surface area contributed by atoms with E-state index in [1.807, 2.05) is 6.07 Å². The van der Waals surface area contributed by atoms with Crippen molar-refractivity contribution in [2.45, 2.75) is 37.8 Å². The molecule has 1 aliphatic carbocycles. The van der Waals surface area contributed by atoms with E-state index in [4.69, 9.17) is 20.9 Å². The van der Waals surface area contributed by atoms with E-state index in [0.717, 1.165) is 31.1 Å². The second-order valence-electron chi connectivity index (χ2n) is 6.40. The molecule has 1 saturated carbocycles. The molecule has 3 aromatic rings. The quantitative estimate of drug-likeness (QED) is 0.649. The molecule has 0 saturated heterocycles. The lowest BCUT2D eigenvalue weighted by molar-refractivity contribution is 0.0788. The molecule has 0 radical (unpaired) electrons. The number of nitrogens with zero attached hydrogens (tertiary/aromatic N) is 3. The lowest BCUT2D eigenvalue weighted by atomic mass is 9.93. The summed E-state index contributed by atoms with van der Waals surface area (Å²) in [6.07, 6.45) is 8.31. The zero-order valence-electron chi connectivity index (χ0n) is 14.4. The molecule has 9 heteroatoms. The van der Waals surface area contributed by atoms with Gasteiger partial charge in [-0.15, -0.1) is 0 Å². The molecule has 0 spiro atoms. The molecule has 27 heavy (non-hydrogen) atoms. The normalized spacial score (nSPS) is 19.7. The van der Waals surface area contributed by atoms with Crippen molar-refractivity contribution in [3.63, 3.8) is 0 Å². The summed E-state index contributed by atoms with van der Waals surface area (Å²) < 4.78 is 10.5. The molecule has 1 amide bonds. The summed E-state index contributed by atoms with van der Waals surface area (Å²) in [6, 6.07) is 1.87. The number of nitrogens with one attached hydrogen (secondary N) is 2. The first kappa shape index (κ1) is 17.5. The fraction of sp³-hybridized carbons (Fsp3) is 0.333. The van der Waals surface area contributed by atoms with Gasteiger partial charge in [-0.05, 0) is 31.7 Å². The van der Waals surface area contributed by atoms with E-state index < -0.39 is 5.91 Å². The van der Waals surface area contributed by atoms with Crippen LogP contribution in [0.3, 0.4) is 0 Å². The Balaban J connectivity index is 1.45. The van der Waals surface area contributed by atoms with Crippen LogP contribution in [0.4, 0.5) is 0 Å². The van der Waals surface area contributed by atoms with Crippen molar-refractivity contribution in [3.8, 4) is 11.4 Å². The average Bonchev–Trinajstić information content (AvgIpc) is 3.33. The summed E-state index contributed by atoms with van der Waals surface area (Å²) in [5.41, 5.74) is 1.18. The lowest BCUT2D eigenvalue weighted by Crippen LogP contribution is -2.39. The largest absolute Gasteiger partial charge is 0.499 e. The van der Waals surface area contributed by atoms with Gasteiger partial charge in [0, 0.05) is 23.8 Å². The number of aromatic nitrogens is 4. The molecule has 1 fully saturated rings. The molecule has 140 valence electrons. The van der Waals surface area contributed by atoms with Crippen molar-refractivity contribution in [3.05, 3.63) is 42.2 Å². The van der Waals surface area contributed by atoms with E-state index in [0.29, 0.717) is 16.2 Å². The number of hydrogen-bond acceptors (Lipinski definition) is 6. The maximum atomic E-state index is 12.4. The Morgan fingerprint density at radius 2 is 2.22 bits per heavy atom. The van der Waals surface area contributed by atoms with Gasteiger partial charge < -0.3 is 19.6 Å². The summed E-state index contributed by atoms with van der Waals surface area (Å²) in [5, 5.41) is 8.02. The van der Waals surface area contributed by atoms with Crippen LogP contribution in [0.5, 0.6) is 0 Å². The zero-order valence-corrected chi connectivity index (χ0v) is 15.2. The Labute approximate surface area is 160 Å². The van der Waals surface area contributed by atoms with Crippen LogP contribution in [0.25, 0.3) is 22.4 Å². The van der Waals surface area contributed by atoms with Gasteiger partial charge in [0.1, 0.15) is 5.65 Å². The molecule has 0 atom stereocenters. The molecule has 1 aliphatic rings. The van der Waals surface area contributed by atoms with Gasteiger partial charge in [0.25, 0.3) is 0 Å². The third kappa shape index (κ3) is 3.52. The third-order valence-corrected chi connectivity index (χ3v) is 5.09. The summed E-state index contributed by atoms with van der Waals surface area (Å²) >= 11 is 6.40. The van der Waals surface area contributed by atoms with Gasteiger partial charge >= 0.3 is 11.8 Å². The fourth-order valence-electron chi connectivity index (χ4n) is 3.28. The first-order chi connectivity index (χ1) is 13.2. The smallest absolute Gasteiger partial charge is 0.316 e. The van der Waals surface area contributed by atoms with E-state index in [-0.39, 0.29) is 23.9 Å². The van der Waals surface area contributed by atoms with Crippen LogP contribution in [0, 0.1) is 0 Å². The van der Waals surface area contributed by atoms with Gasteiger partial charge in [-0.25, -0.2) is 4.98 Å². The molecule has 3 heterocycles. The highest BCUT2D eigenvalue weighted by atomic mass is 35.5. The topological polar surface area (TPSA) is 106 Å². The van der Waals surface area contributed by atoms with Crippen molar-refractivity contribution in [1.29, 1.82) is 0 Å². The lowest BCUT2D eigenvalue weighted by Gasteiger charge is -2.28. The second-order valence-corrected chi connectivity index (χ2v) is 6.78. The molecule has 3 aromatic heterocycles.